The highest BCUT2D eigenvalue weighted by Gasteiger charge is 2.20. The van der Waals surface area contributed by atoms with Gasteiger partial charge in [-0.15, -0.1) is 0 Å². The van der Waals surface area contributed by atoms with Crippen LogP contribution in [0.2, 0.25) is 5.02 Å². The third-order valence-electron chi connectivity index (χ3n) is 4.40. The molecule has 0 atom stereocenters. The first kappa shape index (κ1) is 17.8. The fourth-order valence-corrected chi connectivity index (χ4v) is 3.29. The Morgan fingerprint density at radius 1 is 1.04 bits per heavy atom. The van der Waals surface area contributed by atoms with Crippen molar-refractivity contribution in [2.45, 2.75) is 0 Å². The number of hydrogen-bond donors (Lipinski definition) is 2. The molecule has 2 heterocycles. The number of fused-ring (bicyclic) bond motifs is 1. The van der Waals surface area contributed by atoms with E-state index in [-0.39, 0.29) is 16.6 Å². The molecule has 2 aromatic carbocycles. The van der Waals surface area contributed by atoms with E-state index in [0.717, 1.165) is 4.57 Å². The number of amides is 1. The smallest absolute Gasteiger partial charge is 0.333 e. The molecule has 4 rings (SSSR count). The van der Waals surface area contributed by atoms with Crippen molar-refractivity contribution >= 4 is 34.2 Å². The molecule has 0 aliphatic heterocycles. The van der Waals surface area contributed by atoms with E-state index in [1.54, 1.807) is 61.6 Å². The summed E-state index contributed by atoms with van der Waals surface area (Å²) in [7, 11) is 1.64. The minimum Gasteiger partial charge on any atom is -0.344 e. The highest BCUT2D eigenvalue weighted by Crippen LogP contribution is 2.23. The van der Waals surface area contributed by atoms with Gasteiger partial charge in [-0.2, -0.15) is 0 Å². The largest absolute Gasteiger partial charge is 0.344 e. The van der Waals surface area contributed by atoms with Crippen LogP contribution in [0.5, 0.6) is 0 Å². The quantitative estimate of drug-likeness (QED) is 0.560. The average Bonchev–Trinajstić information content (AvgIpc) is 3.01. The lowest BCUT2D eigenvalue weighted by molar-refractivity contribution is 0.102. The number of nitrogens with one attached hydrogen (secondary N) is 2. The predicted molar refractivity (Wildman–Crippen MR) is 109 cm³/mol. The molecule has 0 unspecified atom stereocenters. The number of aromatic amines is 1. The summed E-state index contributed by atoms with van der Waals surface area (Å²) in [5, 5.41) is 3.09. The van der Waals surface area contributed by atoms with Crippen molar-refractivity contribution in [3.63, 3.8) is 0 Å². The molecule has 0 saturated heterocycles. The molecule has 0 aliphatic rings. The maximum absolute atomic E-state index is 13.0. The third kappa shape index (κ3) is 2.91. The van der Waals surface area contributed by atoms with Crippen LogP contribution in [0.3, 0.4) is 0 Å². The van der Waals surface area contributed by atoms with Gasteiger partial charge in [0.1, 0.15) is 5.52 Å². The molecule has 0 aliphatic carbocycles. The Kier molecular flexibility index (Phi) is 4.37. The van der Waals surface area contributed by atoms with Crippen molar-refractivity contribution in [3.8, 4) is 5.69 Å². The van der Waals surface area contributed by atoms with Crippen LogP contribution in [-0.2, 0) is 7.05 Å². The molecule has 140 valence electrons. The Bertz CT molecular complexity index is 1320. The van der Waals surface area contributed by atoms with Crippen LogP contribution in [-0.4, -0.2) is 20.0 Å². The van der Waals surface area contributed by atoms with Crippen molar-refractivity contribution in [1.82, 2.24) is 14.1 Å². The van der Waals surface area contributed by atoms with Gasteiger partial charge in [0.05, 0.1) is 27.5 Å². The van der Waals surface area contributed by atoms with Gasteiger partial charge in [-0.05, 0) is 24.3 Å². The zero-order valence-electron chi connectivity index (χ0n) is 14.8. The van der Waals surface area contributed by atoms with Crippen LogP contribution in [0.4, 0.5) is 5.69 Å². The molecular weight excluding hydrogens is 380 g/mol. The molecule has 0 spiro atoms. The summed E-state index contributed by atoms with van der Waals surface area (Å²) in [6.07, 6.45) is 1.50. The van der Waals surface area contributed by atoms with Gasteiger partial charge in [0.15, 0.2) is 0 Å². The molecule has 28 heavy (non-hydrogen) atoms. The molecule has 2 aromatic heterocycles. The molecule has 8 heteroatoms. The minimum absolute atomic E-state index is 0.173. The Hall–Kier alpha value is -3.58. The number of para-hydroxylation sites is 2. The monoisotopic (exact) mass is 394 g/mol. The van der Waals surface area contributed by atoms with Crippen molar-refractivity contribution in [2.75, 3.05) is 5.32 Å². The molecule has 7 nitrogen and oxygen atoms in total. The zero-order chi connectivity index (χ0) is 19.8. The second kappa shape index (κ2) is 6.86. The standard InChI is InChI=1S/C20H15ClN4O3/c1-24-11-13(18(26)22-15-10-6-5-9-14(15)21)16-17(24)19(27)25(20(28)23-16)12-7-3-2-4-8-12/h2-11H,1H3,(H,22,26)(H,23,28). The van der Waals surface area contributed by atoms with Gasteiger partial charge in [-0.1, -0.05) is 41.9 Å². The number of nitrogens with zero attached hydrogens (tertiary/aromatic N) is 2. The van der Waals surface area contributed by atoms with Crippen LogP contribution in [0.25, 0.3) is 16.7 Å². The molecule has 2 N–H and O–H groups in total. The van der Waals surface area contributed by atoms with Crippen LogP contribution < -0.4 is 16.6 Å². The number of carbonyl (C=O) groups is 1. The molecule has 0 radical (unpaired) electrons. The molecule has 0 bridgehead atoms. The Morgan fingerprint density at radius 3 is 2.43 bits per heavy atom. The van der Waals surface area contributed by atoms with Gasteiger partial charge in [-0.25, -0.2) is 9.36 Å². The van der Waals surface area contributed by atoms with Gasteiger partial charge in [-0.3, -0.25) is 9.59 Å². The molecule has 0 fully saturated rings. The van der Waals surface area contributed by atoms with Crippen LogP contribution in [0.1, 0.15) is 10.4 Å². The normalized spacial score (nSPS) is 10.9. The van der Waals surface area contributed by atoms with Crippen molar-refractivity contribution in [2.24, 2.45) is 7.05 Å². The summed E-state index contributed by atoms with van der Waals surface area (Å²) in [4.78, 5) is 41.0. The lowest BCUT2D eigenvalue weighted by Gasteiger charge is -2.07. The zero-order valence-corrected chi connectivity index (χ0v) is 15.5. The third-order valence-corrected chi connectivity index (χ3v) is 4.73. The first-order valence-corrected chi connectivity index (χ1v) is 8.81. The van der Waals surface area contributed by atoms with Crippen molar-refractivity contribution in [3.05, 3.63) is 92.2 Å². The lowest BCUT2D eigenvalue weighted by atomic mass is 10.2. The summed E-state index contributed by atoms with van der Waals surface area (Å²) < 4.78 is 2.56. The summed E-state index contributed by atoms with van der Waals surface area (Å²) >= 11 is 6.09. The van der Waals surface area contributed by atoms with Crippen molar-refractivity contribution in [1.29, 1.82) is 0 Å². The summed E-state index contributed by atoms with van der Waals surface area (Å²) in [5.41, 5.74) is 0.310. The number of carbonyl (C=O) groups excluding carboxylic acids is 1. The maximum Gasteiger partial charge on any atom is 0.333 e. The van der Waals surface area contributed by atoms with Crippen LogP contribution in [0.15, 0.2) is 70.4 Å². The van der Waals surface area contributed by atoms with Gasteiger partial charge in [0.25, 0.3) is 11.5 Å². The topological polar surface area (TPSA) is 88.9 Å². The van der Waals surface area contributed by atoms with Crippen LogP contribution in [0, 0.1) is 0 Å². The predicted octanol–water partition coefficient (Wildman–Crippen LogP) is 2.92. The first-order valence-electron chi connectivity index (χ1n) is 8.43. The fraction of sp³-hybridized carbons (Fsp3) is 0.0500. The number of H-pyrrole nitrogens is 1. The lowest BCUT2D eigenvalue weighted by Crippen LogP contribution is -2.34. The number of halogens is 1. The highest BCUT2D eigenvalue weighted by molar-refractivity contribution is 6.34. The van der Waals surface area contributed by atoms with E-state index in [2.05, 4.69) is 10.3 Å². The number of rotatable bonds is 3. The Balaban J connectivity index is 1.87. The van der Waals surface area contributed by atoms with Crippen molar-refractivity contribution < 1.29 is 4.79 Å². The van der Waals surface area contributed by atoms with E-state index in [9.17, 15) is 14.4 Å². The minimum atomic E-state index is -0.623. The van der Waals surface area contributed by atoms with Gasteiger partial charge in [0.2, 0.25) is 0 Å². The summed E-state index contributed by atoms with van der Waals surface area (Å²) in [5.74, 6) is -0.480. The molecule has 1 amide bonds. The summed E-state index contributed by atoms with van der Waals surface area (Å²) in [6.45, 7) is 0. The Morgan fingerprint density at radius 2 is 1.71 bits per heavy atom. The second-order valence-corrected chi connectivity index (χ2v) is 6.62. The maximum atomic E-state index is 13.0. The second-order valence-electron chi connectivity index (χ2n) is 6.22. The fourth-order valence-electron chi connectivity index (χ4n) is 3.11. The number of benzene rings is 2. The highest BCUT2D eigenvalue weighted by atomic mass is 35.5. The van der Waals surface area contributed by atoms with E-state index in [1.165, 1.54) is 10.8 Å². The van der Waals surface area contributed by atoms with Crippen LogP contribution >= 0.6 is 11.6 Å². The van der Waals surface area contributed by atoms with E-state index in [1.807, 2.05) is 0 Å². The average molecular weight is 395 g/mol. The van der Waals surface area contributed by atoms with E-state index in [4.69, 9.17) is 11.6 Å². The van der Waals surface area contributed by atoms with Gasteiger partial charge >= 0.3 is 5.69 Å². The number of aromatic nitrogens is 3. The summed E-state index contributed by atoms with van der Waals surface area (Å²) in [6, 6.07) is 15.4. The Labute approximate surface area is 163 Å². The number of hydrogen-bond acceptors (Lipinski definition) is 3. The van der Waals surface area contributed by atoms with E-state index < -0.39 is 17.2 Å². The molecule has 0 saturated carbocycles. The molecular formula is C20H15ClN4O3. The van der Waals surface area contributed by atoms with E-state index >= 15 is 0 Å². The van der Waals surface area contributed by atoms with Gasteiger partial charge in [0, 0.05) is 13.2 Å². The first-order chi connectivity index (χ1) is 13.5. The number of anilines is 1. The van der Waals surface area contributed by atoms with Gasteiger partial charge < -0.3 is 14.9 Å². The van der Waals surface area contributed by atoms with E-state index in [0.29, 0.717) is 16.4 Å². The SMILES string of the molecule is Cn1cc(C(=O)Nc2ccccc2Cl)c2[nH]c(=O)n(-c3ccccc3)c(=O)c21. The molecule has 4 aromatic rings. The number of aryl methyl sites for hydroxylation is 1.